The van der Waals surface area contributed by atoms with Crippen LogP contribution in [-0.4, -0.2) is 20.1 Å². The Hall–Kier alpha value is -0.580. The zero-order valence-corrected chi connectivity index (χ0v) is 17.4. The summed E-state index contributed by atoms with van der Waals surface area (Å²) in [5.41, 5.74) is 0. The molecule has 0 N–H and O–H groups in total. The third-order valence-electron chi connectivity index (χ3n) is 4.45. The van der Waals surface area contributed by atoms with E-state index in [4.69, 9.17) is 0 Å². The van der Waals surface area contributed by atoms with Gasteiger partial charge in [0, 0.05) is 6.42 Å². The van der Waals surface area contributed by atoms with E-state index >= 15 is 0 Å². The molecule has 0 aliphatic heterocycles. The van der Waals surface area contributed by atoms with Crippen LogP contribution in [0, 0.1) is 0 Å². The van der Waals surface area contributed by atoms with E-state index in [1.54, 1.807) is 0 Å². The highest BCUT2D eigenvalue weighted by Crippen LogP contribution is 2.12. The van der Waals surface area contributed by atoms with Gasteiger partial charge in [0.1, 0.15) is 0 Å². The highest BCUT2D eigenvalue weighted by Gasteiger charge is 2.16. The topological polar surface area (TPSA) is 60.4 Å². The van der Waals surface area contributed by atoms with Gasteiger partial charge in [-0.05, 0) is 12.8 Å². The Morgan fingerprint density at radius 2 is 1.04 bits per heavy atom. The fourth-order valence-corrected chi connectivity index (χ4v) is 3.87. The third kappa shape index (κ3) is 18.0. The first kappa shape index (κ1) is 24.4. The summed E-state index contributed by atoms with van der Waals surface area (Å²) in [4.78, 5) is 11.6. The van der Waals surface area contributed by atoms with Gasteiger partial charge in [-0.1, -0.05) is 97.3 Å². The summed E-state index contributed by atoms with van der Waals surface area (Å²) in [5, 5.41) is 0. The van der Waals surface area contributed by atoms with Crippen LogP contribution in [0.5, 0.6) is 0 Å². The molecule has 0 atom stereocenters. The molecule has 0 unspecified atom stereocenters. The molecule has 0 bridgehead atoms. The van der Waals surface area contributed by atoms with E-state index in [0.29, 0.717) is 6.42 Å². The van der Waals surface area contributed by atoms with Crippen molar-refractivity contribution < 1.29 is 17.4 Å². The van der Waals surface area contributed by atoms with Crippen LogP contribution >= 0.6 is 0 Å². The second-order valence-electron chi connectivity index (χ2n) is 7.06. The average Bonchev–Trinajstić information content (AvgIpc) is 2.56. The molecule has 0 aromatic rings. The van der Waals surface area contributed by atoms with Crippen molar-refractivity contribution in [2.75, 3.05) is 5.75 Å². The minimum Gasteiger partial charge on any atom is -0.346 e. The molecule has 0 radical (unpaired) electrons. The van der Waals surface area contributed by atoms with Crippen molar-refractivity contribution in [2.24, 2.45) is 0 Å². The summed E-state index contributed by atoms with van der Waals surface area (Å²) in [6.45, 7) is 4.31. The minimum absolute atomic E-state index is 0.0446. The second-order valence-corrected chi connectivity index (χ2v) is 8.75. The molecule has 0 aromatic heterocycles. The lowest BCUT2D eigenvalue weighted by Crippen LogP contribution is -2.16. The number of carbonyl (C=O) groups excluding carboxylic acids is 1. The molecule has 5 heteroatoms. The van der Waals surface area contributed by atoms with Crippen LogP contribution in [0.4, 0.5) is 0 Å². The van der Waals surface area contributed by atoms with Crippen molar-refractivity contribution in [3.63, 3.8) is 0 Å². The first-order valence-corrected chi connectivity index (χ1v) is 12.0. The largest absolute Gasteiger partial charge is 0.346 e. The van der Waals surface area contributed by atoms with E-state index in [-0.39, 0.29) is 12.2 Å². The van der Waals surface area contributed by atoms with Gasteiger partial charge in [0.15, 0.2) is 0 Å². The van der Waals surface area contributed by atoms with E-state index in [9.17, 15) is 13.2 Å². The normalized spacial score (nSPS) is 11.6. The summed E-state index contributed by atoms with van der Waals surface area (Å²) in [5.74, 6) is -0.636. The zero-order valence-electron chi connectivity index (χ0n) is 16.6. The summed E-state index contributed by atoms with van der Waals surface area (Å²) in [6.07, 6.45) is 17.0. The van der Waals surface area contributed by atoms with Crippen molar-refractivity contribution >= 4 is 16.1 Å². The molecule has 150 valence electrons. The summed E-state index contributed by atoms with van der Waals surface area (Å²) in [7, 11) is -3.68. The number of unbranched alkanes of at least 4 members (excludes halogenated alkanes) is 13. The maximum absolute atomic E-state index is 11.7. The highest BCUT2D eigenvalue weighted by molar-refractivity contribution is 7.87. The highest BCUT2D eigenvalue weighted by atomic mass is 32.2. The van der Waals surface area contributed by atoms with Gasteiger partial charge in [-0.3, -0.25) is 4.79 Å². The molecule has 0 rings (SSSR count). The lowest BCUT2D eigenvalue weighted by atomic mass is 10.1. The van der Waals surface area contributed by atoms with Gasteiger partial charge < -0.3 is 4.18 Å². The van der Waals surface area contributed by atoms with E-state index < -0.39 is 16.1 Å². The molecule has 0 spiro atoms. The van der Waals surface area contributed by atoms with E-state index in [2.05, 4.69) is 18.0 Å². The maximum Gasteiger partial charge on any atom is 0.322 e. The summed E-state index contributed by atoms with van der Waals surface area (Å²) < 4.78 is 28.0. The Morgan fingerprint density at radius 3 is 1.52 bits per heavy atom. The molecule has 0 fully saturated rings. The van der Waals surface area contributed by atoms with E-state index in [1.807, 2.05) is 0 Å². The lowest BCUT2D eigenvalue weighted by molar-refractivity contribution is -0.133. The number of carbonyl (C=O) groups is 1. The standard InChI is InChI=1S/C20H40O4S/c1-3-5-7-9-10-11-12-13-14-15-16-18-20(21)24-25(22,23)19-17-8-6-4-2/h3-19H2,1-2H3. The SMILES string of the molecule is CCCCCCCCCCCCCC(=O)OS(=O)(=O)CCCCCC. The van der Waals surface area contributed by atoms with Crippen molar-refractivity contribution in [1.82, 2.24) is 0 Å². The zero-order chi connectivity index (χ0) is 18.8. The average molecular weight is 377 g/mol. The van der Waals surface area contributed by atoms with Gasteiger partial charge in [0.25, 0.3) is 0 Å². The number of hydrogen-bond donors (Lipinski definition) is 0. The smallest absolute Gasteiger partial charge is 0.322 e. The Kier molecular flexibility index (Phi) is 16.5. The van der Waals surface area contributed by atoms with Crippen LogP contribution in [0.1, 0.15) is 117 Å². The molecule has 0 amide bonds. The Morgan fingerprint density at radius 1 is 0.640 bits per heavy atom. The van der Waals surface area contributed by atoms with Crippen molar-refractivity contribution in [3.05, 3.63) is 0 Å². The Bertz CT molecular complexity index is 404. The van der Waals surface area contributed by atoms with Crippen LogP contribution in [0.25, 0.3) is 0 Å². The molecule has 25 heavy (non-hydrogen) atoms. The van der Waals surface area contributed by atoms with Crippen LogP contribution in [-0.2, 0) is 19.1 Å². The molecule has 0 heterocycles. The monoisotopic (exact) mass is 376 g/mol. The number of rotatable bonds is 18. The molecule has 0 aliphatic carbocycles. The fraction of sp³-hybridized carbons (Fsp3) is 0.950. The van der Waals surface area contributed by atoms with Gasteiger partial charge >= 0.3 is 16.1 Å². The first-order chi connectivity index (χ1) is 12.0. The molecular formula is C20H40O4S. The second kappa shape index (κ2) is 16.9. The van der Waals surface area contributed by atoms with Crippen molar-refractivity contribution in [2.45, 2.75) is 117 Å². The van der Waals surface area contributed by atoms with Crippen molar-refractivity contribution in [3.8, 4) is 0 Å². The van der Waals surface area contributed by atoms with E-state index in [0.717, 1.165) is 38.5 Å². The molecule has 0 aliphatic rings. The predicted octanol–water partition coefficient (Wildman–Crippen LogP) is 6.14. The van der Waals surface area contributed by atoms with Gasteiger partial charge in [-0.15, -0.1) is 0 Å². The quantitative estimate of drug-likeness (QED) is 0.213. The lowest BCUT2D eigenvalue weighted by Gasteiger charge is -2.06. The van der Waals surface area contributed by atoms with Crippen LogP contribution in [0.3, 0.4) is 0 Å². The maximum atomic E-state index is 11.7. The molecule has 0 aromatic carbocycles. The van der Waals surface area contributed by atoms with Crippen LogP contribution < -0.4 is 0 Å². The fourth-order valence-electron chi connectivity index (χ4n) is 2.86. The van der Waals surface area contributed by atoms with Gasteiger partial charge in [0.2, 0.25) is 0 Å². The third-order valence-corrected chi connectivity index (χ3v) is 5.68. The number of hydrogen-bond acceptors (Lipinski definition) is 4. The molecule has 0 saturated heterocycles. The van der Waals surface area contributed by atoms with E-state index in [1.165, 1.54) is 51.4 Å². The molecular weight excluding hydrogens is 336 g/mol. The van der Waals surface area contributed by atoms with Gasteiger partial charge in [-0.2, -0.15) is 8.42 Å². The van der Waals surface area contributed by atoms with Crippen LogP contribution in [0.2, 0.25) is 0 Å². The minimum atomic E-state index is -3.68. The Balaban J connectivity index is 3.48. The van der Waals surface area contributed by atoms with Gasteiger partial charge in [0.05, 0.1) is 5.75 Å². The molecule has 4 nitrogen and oxygen atoms in total. The van der Waals surface area contributed by atoms with Crippen molar-refractivity contribution in [1.29, 1.82) is 0 Å². The van der Waals surface area contributed by atoms with Crippen LogP contribution in [0.15, 0.2) is 0 Å². The molecule has 0 saturated carbocycles. The summed E-state index contributed by atoms with van der Waals surface area (Å²) >= 11 is 0. The summed E-state index contributed by atoms with van der Waals surface area (Å²) in [6, 6.07) is 0. The van der Waals surface area contributed by atoms with Gasteiger partial charge in [-0.25, -0.2) is 0 Å². The first-order valence-electron chi connectivity index (χ1n) is 10.5. The predicted molar refractivity (Wildman–Crippen MR) is 105 cm³/mol. The Labute approximate surface area is 156 Å².